The highest BCUT2D eigenvalue weighted by atomic mass is 79.9. The first-order valence-electron chi connectivity index (χ1n) is 8.27. The zero-order valence-electron chi connectivity index (χ0n) is 14.5. The molecule has 0 fully saturated rings. The van der Waals surface area contributed by atoms with Gasteiger partial charge in [-0.3, -0.25) is 0 Å². The first kappa shape index (κ1) is 19.9. The Hall–Kier alpha value is -1.44. The number of unbranched alkanes of at least 4 members (excludes halogenated alkanes) is 2. The standard InChI is InChI=1S/C18H23BrN2O3S/c1-3-4-5-11-24-16-12-14(2)9-10-15(16)13-20-25(22,23)18-8-6-7-17(19)21-18/h6-10,12,20H,3-5,11,13H2,1-2H3. The van der Waals surface area contributed by atoms with Crippen molar-refractivity contribution in [2.24, 2.45) is 0 Å². The number of pyridine rings is 1. The number of nitrogens with zero attached hydrogens (tertiary/aromatic N) is 1. The van der Waals surface area contributed by atoms with E-state index < -0.39 is 10.0 Å². The molecule has 0 amide bonds. The van der Waals surface area contributed by atoms with Gasteiger partial charge in [-0.15, -0.1) is 0 Å². The molecule has 136 valence electrons. The number of hydrogen-bond acceptors (Lipinski definition) is 4. The number of benzene rings is 1. The summed E-state index contributed by atoms with van der Waals surface area (Å²) in [6.07, 6.45) is 3.23. The van der Waals surface area contributed by atoms with Crippen LogP contribution in [0.25, 0.3) is 0 Å². The maximum absolute atomic E-state index is 12.4. The summed E-state index contributed by atoms with van der Waals surface area (Å²) >= 11 is 3.19. The molecular formula is C18H23BrN2O3S. The lowest BCUT2D eigenvalue weighted by molar-refractivity contribution is 0.303. The first-order valence-corrected chi connectivity index (χ1v) is 10.5. The predicted octanol–water partition coefficient (Wildman–Crippen LogP) is 4.20. The van der Waals surface area contributed by atoms with Crippen molar-refractivity contribution in [2.75, 3.05) is 6.61 Å². The Morgan fingerprint density at radius 1 is 1.20 bits per heavy atom. The van der Waals surface area contributed by atoms with Gasteiger partial charge in [-0.2, -0.15) is 0 Å². The second kappa shape index (κ2) is 9.31. The Morgan fingerprint density at radius 3 is 2.72 bits per heavy atom. The SMILES string of the molecule is CCCCCOc1cc(C)ccc1CNS(=O)(=O)c1cccc(Br)n1. The van der Waals surface area contributed by atoms with E-state index in [2.05, 4.69) is 32.6 Å². The number of halogens is 1. The van der Waals surface area contributed by atoms with E-state index in [9.17, 15) is 8.42 Å². The second-order valence-electron chi connectivity index (χ2n) is 5.79. The summed E-state index contributed by atoms with van der Waals surface area (Å²) in [6.45, 7) is 4.91. The fourth-order valence-electron chi connectivity index (χ4n) is 2.26. The molecule has 25 heavy (non-hydrogen) atoms. The summed E-state index contributed by atoms with van der Waals surface area (Å²) in [5, 5.41) is -0.0144. The van der Waals surface area contributed by atoms with E-state index in [1.807, 2.05) is 25.1 Å². The van der Waals surface area contributed by atoms with Crippen LogP contribution in [0.2, 0.25) is 0 Å². The summed E-state index contributed by atoms with van der Waals surface area (Å²) < 4.78 is 33.7. The number of nitrogens with one attached hydrogen (secondary N) is 1. The van der Waals surface area contributed by atoms with E-state index >= 15 is 0 Å². The normalized spacial score (nSPS) is 11.5. The van der Waals surface area contributed by atoms with Crippen LogP contribution in [-0.4, -0.2) is 20.0 Å². The van der Waals surface area contributed by atoms with Crippen LogP contribution in [0.5, 0.6) is 5.75 Å². The third-order valence-corrected chi connectivity index (χ3v) is 5.39. The van der Waals surface area contributed by atoms with Gasteiger partial charge in [0.25, 0.3) is 10.0 Å². The van der Waals surface area contributed by atoms with Crippen LogP contribution >= 0.6 is 15.9 Å². The van der Waals surface area contributed by atoms with Gasteiger partial charge in [0.2, 0.25) is 0 Å². The number of hydrogen-bond donors (Lipinski definition) is 1. The molecule has 0 aliphatic heterocycles. The molecule has 0 aliphatic carbocycles. The molecule has 1 heterocycles. The fraction of sp³-hybridized carbons (Fsp3) is 0.389. The highest BCUT2D eigenvalue weighted by molar-refractivity contribution is 9.10. The molecule has 0 saturated carbocycles. The predicted molar refractivity (Wildman–Crippen MR) is 102 cm³/mol. The molecule has 0 aliphatic rings. The Morgan fingerprint density at radius 2 is 2.00 bits per heavy atom. The van der Waals surface area contributed by atoms with Gasteiger partial charge in [0.15, 0.2) is 5.03 Å². The average molecular weight is 427 g/mol. The van der Waals surface area contributed by atoms with E-state index in [4.69, 9.17) is 4.74 Å². The molecule has 2 rings (SSSR count). The minimum absolute atomic E-state index is 0.0144. The molecule has 2 aromatic rings. The zero-order chi connectivity index (χ0) is 18.3. The minimum atomic E-state index is -3.68. The maximum atomic E-state index is 12.4. The lowest BCUT2D eigenvalue weighted by Gasteiger charge is -2.13. The van der Waals surface area contributed by atoms with Crippen LogP contribution in [0, 0.1) is 6.92 Å². The third kappa shape index (κ3) is 6.09. The topological polar surface area (TPSA) is 68.3 Å². The number of sulfonamides is 1. The van der Waals surface area contributed by atoms with Gasteiger partial charge in [-0.05, 0) is 53.0 Å². The monoisotopic (exact) mass is 426 g/mol. The van der Waals surface area contributed by atoms with Gasteiger partial charge in [-0.25, -0.2) is 18.1 Å². The van der Waals surface area contributed by atoms with E-state index in [0.717, 1.165) is 36.1 Å². The Balaban J connectivity index is 2.09. The van der Waals surface area contributed by atoms with Crippen LogP contribution in [0.4, 0.5) is 0 Å². The summed E-state index contributed by atoms with van der Waals surface area (Å²) in [6, 6.07) is 10.6. The number of aryl methyl sites for hydroxylation is 1. The number of aromatic nitrogens is 1. The van der Waals surface area contributed by atoms with Crippen LogP contribution in [0.15, 0.2) is 46.0 Å². The van der Waals surface area contributed by atoms with Crippen molar-refractivity contribution in [3.63, 3.8) is 0 Å². The van der Waals surface area contributed by atoms with E-state index in [1.165, 1.54) is 6.07 Å². The smallest absolute Gasteiger partial charge is 0.258 e. The van der Waals surface area contributed by atoms with Crippen molar-refractivity contribution in [3.05, 3.63) is 52.1 Å². The van der Waals surface area contributed by atoms with Gasteiger partial charge in [0.05, 0.1) is 6.61 Å². The molecule has 0 saturated heterocycles. The molecule has 1 aromatic heterocycles. The molecule has 0 spiro atoms. The van der Waals surface area contributed by atoms with Crippen molar-refractivity contribution in [1.29, 1.82) is 0 Å². The van der Waals surface area contributed by atoms with Crippen LogP contribution in [-0.2, 0) is 16.6 Å². The van der Waals surface area contributed by atoms with Crippen LogP contribution in [0.3, 0.4) is 0 Å². The Bertz CT molecular complexity index is 810. The molecule has 5 nitrogen and oxygen atoms in total. The van der Waals surface area contributed by atoms with Crippen molar-refractivity contribution in [1.82, 2.24) is 9.71 Å². The molecule has 0 bridgehead atoms. The number of rotatable bonds is 9. The molecule has 0 atom stereocenters. The second-order valence-corrected chi connectivity index (χ2v) is 8.32. The quantitative estimate of drug-likeness (QED) is 0.481. The first-order chi connectivity index (χ1) is 11.9. The van der Waals surface area contributed by atoms with Gasteiger partial charge in [0.1, 0.15) is 10.4 Å². The molecular weight excluding hydrogens is 404 g/mol. The maximum Gasteiger partial charge on any atom is 0.258 e. The largest absolute Gasteiger partial charge is 0.493 e. The zero-order valence-corrected chi connectivity index (χ0v) is 16.9. The average Bonchev–Trinajstić information content (AvgIpc) is 2.58. The van der Waals surface area contributed by atoms with Gasteiger partial charge in [0, 0.05) is 12.1 Å². The van der Waals surface area contributed by atoms with Crippen molar-refractivity contribution in [3.8, 4) is 5.75 Å². The fourth-order valence-corrected chi connectivity index (χ4v) is 3.69. The Labute approximate surface area is 158 Å². The van der Waals surface area contributed by atoms with Gasteiger partial charge < -0.3 is 4.74 Å². The molecule has 0 radical (unpaired) electrons. The molecule has 1 aromatic carbocycles. The van der Waals surface area contributed by atoms with Gasteiger partial charge >= 0.3 is 0 Å². The summed E-state index contributed by atoms with van der Waals surface area (Å²) in [5.41, 5.74) is 1.88. The van der Waals surface area contributed by atoms with E-state index in [-0.39, 0.29) is 11.6 Å². The van der Waals surface area contributed by atoms with Crippen molar-refractivity contribution < 1.29 is 13.2 Å². The lowest BCUT2D eigenvalue weighted by atomic mass is 10.1. The molecule has 1 N–H and O–H groups in total. The third-order valence-electron chi connectivity index (χ3n) is 3.65. The van der Waals surface area contributed by atoms with Crippen LogP contribution in [0.1, 0.15) is 37.3 Å². The van der Waals surface area contributed by atoms with E-state index in [0.29, 0.717) is 11.2 Å². The summed E-state index contributed by atoms with van der Waals surface area (Å²) in [4.78, 5) is 4.00. The molecule has 0 unspecified atom stereocenters. The van der Waals surface area contributed by atoms with Gasteiger partial charge in [-0.1, -0.05) is 38.0 Å². The minimum Gasteiger partial charge on any atom is -0.493 e. The van der Waals surface area contributed by atoms with Crippen molar-refractivity contribution >= 4 is 26.0 Å². The van der Waals surface area contributed by atoms with Crippen molar-refractivity contribution in [2.45, 2.75) is 44.7 Å². The Kier molecular flexibility index (Phi) is 7.40. The summed E-state index contributed by atoms with van der Waals surface area (Å²) in [7, 11) is -3.68. The number of ether oxygens (including phenoxy) is 1. The van der Waals surface area contributed by atoms with E-state index in [1.54, 1.807) is 12.1 Å². The lowest BCUT2D eigenvalue weighted by Crippen LogP contribution is -2.24. The highest BCUT2D eigenvalue weighted by Crippen LogP contribution is 2.21. The van der Waals surface area contributed by atoms with Crippen LogP contribution < -0.4 is 9.46 Å². The summed E-state index contributed by atoms with van der Waals surface area (Å²) in [5.74, 6) is 0.723. The molecule has 7 heteroatoms. The highest BCUT2D eigenvalue weighted by Gasteiger charge is 2.16.